The maximum atomic E-state index is 12.7. The van der Waals surface area contributed by atoms with Crippen molar-refractivity contribution in [2.45, 2.75) is 71.4 Å². The lowest BCUT2D eigenvalue weighted by Crippen LogP contribution is -2.34. The van der Waals surface area contributed by atoms with Crippen molar-refractivity contribution in [3.63, 3.8) is 0 Å². The number of rotatable bonds is 12. The standard InChI is InChI=1S/C20H22F3N3O3.C19H22BrN3O3/c1-2-3-14-8-10-25(11-9-14)18-12-16(5-6-17(18)26(27)28)29-19-7-4-15(13-24-19)20(21,22)23;1-2-3-14-8-10-22(11-9-14)18-12-16(5-6-17(18)23(24)25)26-19-7-4-15(20)13-21-19/h4-7,12-14H,2-3,8-11H2,1H3;4-7,12-14H,2-3,8-11H2,1H3. The van der Waals surface area contributed by atoms with Crippen molar-refractivity contribution in [3.8, 4) is 23.3 Å². The van der Waals surface area contributed by atoms with Gasteiger partial charge in [0.25, 0.3) is 11.4 Å². The molecule has 55 heavy (non-hydrogen) atoms. The van der Waals surface area contributed by atoms with Crippen molar-refractivity contribution in [2.75, 3.05) is 36.0 Å². The molecule has 0 radical (unpaired) electrons. The molecule has 0 amide bonds. The minimum Gasteiger partial charge on any atom is -0.439 e. The summed E-state index contributed by atoms with van der Waals surface area (Å²) in [4.78, 5) is 34.1. The molecule has 2 aliphatic heterocycles. The molecule has 16 heteroatoms. The van der Waals surface area contributed by atoms with E-state index in [1.54, 1.807) is 30.5 Å². The first-order chi connectivity index (χ1) is 26.3. The summed E-state index contributed by atoms with van der Waals surface area (Å²) in [6.45, 7) is 7.46. The quantitative estimate of drug-likeness (QED) is 0.100. The van der Waals surface area contributed by atoms with E-state index in [0.717, 1.165) is 74.1 Å². The molecule has 2 saturated heterocycles. The molecule has 2 fully saturated rings. The van der Waals surface area contributed by atoms with E-state index in [-0.39, 0.29) is 27.9 Å². The average Bonchev–Trinajstić information content (AvgIpc) is 3.16. The van der Waals surface area contributed by atoms with Crippen molar-refractivity contribution in [3.05, 3.63) is 103 Å². The number of anilines is 2. The fraction of sp³-hybridized carbons (Fsp3) is 0.436. The number of nitro benzene ring substituents is 2. The molecule has 2 aromatic heterocycles. The Kier molecular flexibility index (Phi) is 14.3. The fourth-order valence-electron chi connectivity index (χ4n) is 6.96. The zero-order valence-corrected chi connectivity index (χ0v) is 32.3. The van der Waals surface area contributed by atoms with Crippen LogP contribution in [0.15, 0.2) is 77.5 Å². The number of aromatic nitrogens is 2. The van der Waals surface area contributed by atoms with Crippen molar-refractivity contribution >= 4 is 38.7 Å². The number of pyridine rings is 2. The SMILES string of the molecule is CCCC1CCN(c2cc(Oc3ccc(Br)cn3)ccc2[N+](=O)[O-])CC1.CCCC1CCN(c2cc(Oc3ccc(C(F)(F)F)cn3)ccc2[N+](=O)[O-])CC1. The Hall–Kier alpha value is -4.99. The molecule has 0 unspecified atom stereocenters. The number of hydrogen-bond donors (Lipinski definition) is 0. The van der Waals surface area contributed by atoms with Crippen molar-refractivity contribution < 1.29 is 32.5 Å². The minimum absolute atomic E-state index is 0.0144. The topological polar surface area (TPSA) is 137 Å². The van der Waals surface area contributed by atoms with Gasteiger partial charge in [-0.3, -0.25) is 20.2 Å². The molecular formula is C39H44BrF3N6O6. The smallest absolute Gasteiger partial charge is 0.417 e. The van der Waals surface area contributed by atoms with Crippen LogP contribution in [0.25, 0.3) is 0 Å². The normalized spacial score (nSPS) is 15.2. The van der Waals surface area contributed by atoms with Crippen LogP contribution < -0.4 is 19.3 Å². The van der Waals surface area contributed by atoms with Gasteiger partial charge in [-0.05, 0) is 77.7 Å². The third kappa shape index (κ3) is 11.5. The van der Waals surface area contributed by atoms with Gasteiger partial charge in [-0.2, -0.15) is 13.2 Å². The number of alkyl halides is 3. The highest BCUT2D eigenvalue weighted by molar-refractivity contribution is 9.10. The zero-order valence-electron chi connectivity index (χ0n) is 30.7. The maximum Gasteiger partial charge on any atom is 0.417 e. The summed E-state index contributed by atoms with van der Waals surface area (Å²) in [7, 11) is 0. The molecule has 4 heterocycles. The maximum absolute atomic E-state index is 12.7. The summed E-state index contributed by atoms with van der Waals surface area (Å²) in [5.41, 5.74) is 0.305. The van der Waals surface area contributed by atoms with Gasteiger partial charge in [-0.1, -0.05) is 39.5 Å². The summed E-state index contributed by atoms with van der Waals surface area (Å²) < 4.78 is 50.1. The van der Waals surface area contributed by atoms with Crippen LogP contribution in [0.4, 0.5) is 35.9 Å². The molecule has 6 rings (SSSR count). The van der Waals surface area contributed by atoms with Gasteiger partial charge in [0.1, 0.15) is 22.9 Å². The van der Waals surface area contributed by atoms with Crippen LogP contribution in [0.2, 0.25) is 0 Å². The van der Waals surface area contributed by atoms with Crippen molar-refractivity contribution in [1.82, 2.24) is 9.97 Å². The fourth-order valence-corrected chi connectivity index (χ4v) is 7.20. The average molecular weight is 830 g/mol. The lowest BCUT2D eigenvalue weighted by molar-refractivity contribution is -0.384. The molecular weight excluding hydrogens is 785 g/mol. The molecule has 0 atom stereocenters. The third-order valence-corrected chi connectivity index (χ3v) is 10.3. The molecule has 2 aromatic carbocycles. The highest BCUT2D eigenvalue weighted by Gasteiger charge is 2.31. The molecule has 0 aliphatic carbocycles. The Balaban J connectivity index is 0.000000212. The Morgan fingerprint density at radius 2 is 1.15 bits per heavy atom. The van der Waals surface area contributed by atoms with Gasteiger partial charge >= 0.3 is 6.18 Å². The van der Waals surface area contributed by atoms with E-state index >= 15 is 0 Å². The van der Waals surface area contributed by atoms with Crippen LogP contribution in [0.1, 0.15) is 70.8 Å². The number of nitro groups is 2. The predicted octanol–water partition coefficient (Wildman–Crippen LogP) is 11.4. The number of benzene rings is 2. The second kappa shape index (κ2) is 19.0. The van der Waals surface area contributed by atoms with Crippen LogP contribution in [0.3, 0.4) is 0 Å². The van der Waals surface area contributed by atoms with Gasteiger partial charge in [0, 0.05) is 79.4 Å². The molecule has 4 aromatic rings. The van der Waals surface area contributed by atoms with Gasteiger partial charge in [-0.15, -0.1) is 0 Å². The summed E-state index contributed by atoms with van der Waals surface area (Å²) in [5, 5.41) is 22.9. The monoisotopic (exact) mass is 828 g/mol. The summed E-state index contributed by atoms with van der Waals surface area (Å²) in [6.07, 6.45) is 6.65. The number of ether oxygens (including phenoxy) is 2. The number of piperidine rings is 2. The lowest BCUT2D eigenvalue weighted by Gasteiger charge is -2.33. The van der Waals surface area contributed by atoms with Crippen LogP contribution in [0.5, 0.6) is 23.3 Å². The molecule has 12 nitrogen and oxygen atoms in total. The summed E-state index contributed by atoms with van der Waals surface area (Å²) in [6, 6.07) is 14.8. The van der Waals surface area contributed by atoms with Gasteiger partial charge in [0.15, 0.2) is 0 Å². The Morgan fingerprint density at radius 3 is 1.49 bits per heavy atom. The molecule has 2 aliphatic rings. The van der Waals surface area contributed by atoms with E-state index < -0.39 is 16.7 Å². The highest BCUT2D eigenvalue weighted by Crippen LogP contribution is 2.38. The van der Waals surface area contributed by atoms with Crippen LogP contribution >= 0.6 is 15.9 Å². The molecule has 0 saturated carbocycles. The van der Waals surface area contributed by atoms with E-state index in [0.29, 0.717) is 48.2 Å². The van der Waals surface area contributed by atoms with E-state index in [4.69, 9.17) is 9.47 Å². The van der Waals surface area contributed by atoms with Crippen LogP contribution in [0, 0.1) is 32.1 Å². The number of nitrogens with zero attached hydrogens (tertiary/aromatic N) is 6. The van der Waals surface area contributed by atoms with Gasteiger partial charge in [-0.25, -0.2) is 9.97 Å². The second-order valence-corrected chi connectivity index (χ2v) is 14.6. The molecule has 0 N–H and O–H groups in total. The van der Waals surface area contributed by atoms with Gasteiger partial charge in [0.05, 0.1) is 15.4 Å². The summed E-state index contributed by atoms with van der Waals surface area (Å²) >= 11 is 3.34. The van der Waals surface area contributed by atoms with Crippen molar-refractivity contribution in [2.24, 2.45) is 11.8 Å². The van der Waals surface area contributed by atoms with Gasteiger partial charge < -0.3 is 19.3 Å². The van der Waals surface area contributed by atoms with E-state index in [1.165, 1.54) is 31.0 Å². The summed E-state index contributed by atoms with van der Waals surface area (Å²) in [5.74, 6) is 2.63. The molecule has 0 bridgehead atoms. The van der Waals surface area contributed by atoms with Gasteiger partial charge in [0.2, 0.25) is 11.8 Å². The van der Waals surface area contributed by atoms with Crippen LogP contribution in [-0.4, -0.2) is 46.0 Å². The first kappa shape index (κ1) is 41.2. The van der Waals surface area contributed by atoms with Crippen molar-refractivity contribution in [1.29, 1.82) is 0 Å². The van der Waals surface area contributed by atoms with E-state index in [9.17, 15) is 33.4 Å². The first-order valence-electron chi connectivity index (χ1n) is 18.4. The third-order valence-electron chi connectivity index (χ3n) is 9.80. The van der Waals surface area contributed by atoms with Crippen LogP contribution in [-0.2, 0) is 6.18 Å². The Morgan fingerprint density at radius 1 is 0.709 bits per heavy atom. The Labute approximate surface area is 326 Å². The molecule has 294 valence electrons. The van der Waals surface area contributed by atoms with E-state index in [2.05, 4.69) is 44.6 Å². The number of halogens is 4. The second-order valence-electron chi connectivity index (χ2n) is 13.7. The Bertz CT molecular complexity index is 1880. The first-order valence-corrected chi connectivity index (χ1v) is 19.2. The molecule has 0 spiro atoms. The lowest BCUT2D eigenvalue weighted by atomic mass is 9.92. The number of hydrogen-bond acceptors (Lipinski definition) is 10. The predicted molar refractivity (Wildman–Crippen MR) is 207 cm³/mol. The van der Waals surface area contributed by atoms with E-state index in [1.807, 2.05) is 11.0 Å². The minimum atomic E-state index is -4.48. The highest BCUT2D eigenvalue weighted by atomic mass is 79.9. The largest absolute Gasteiger partial charge is 0.439 e. The zero-order chi connectivity index (χ0) is 39.5.